The molecule has 2 aromatic carbocycles. The summed E-state index contributed by atoms with van der Waals surface area (Å²) in [6.45, 7) is 4.52. The SMILES string of the molecule is CNCCCOCCOCCOCCCN(C)C(=O)CC[C@H](NC(=O)[C@@H](CC1CCCCC1)NS(=O)(=O)Cc1ccccc1)C(=O)NCc1ccc(C(=N)N)cc1. The summed E-state index contributed by atoms with van der Waals surface area (Å²) in [6, 6.07) is 13.4. The maximum Gasteiger partial charge on any atom is 0.242 e. The van der Waals surface area contributed by atoms with Gasteiger partial charge in [0, 0.05) is 45.3 Å². The van der Waals surface area contributed by atoms with Crippen molar-refractivity contribution >= 4 is 33.6 Å². The molecule has 2 aromatic rings. The number of rotatable bonds is 29. The largest absolute Gasteiger partial charge is 0.384 e. The van der Waals surface area contributed by atoms with Crippen molar-refractivity contribution in [1.82, 2.24) is 25.6 Å². The van der Waals surface area contributed by atoms with Gasteiger partial charge in [-0.05, 0) is 56.3 Å². The van der Waals surface area contributed by atoms with Crippen LogP contribution in [0.2, 0.25) is 0 Å². The van der Waals surface area contributed by atoms with Gasteiger partial charge >= 0.3 is 0 Å². The summed E-state index contributed by atoms with van der Waals surface area (Å²) in [4.78, 5) is 42.5. The van der Waals surface area contributed by atoms with E-state index >= 15 is 0 Å². The molecular weight excluding hydrogens is 751 g/mol. The molecule has 15 nitrogen and oxygen atoms in total. The predicted molar refractivity (Wildman–Crippen MR) is 221 cm³/mol. The first-order valence-electron chi connectivity index (χ1n) is 20.1. The maximum atomic E-state index is 14.0. The number of nitrogen functional groups attached to an aromatic ring is 1. The third-order valence-electron chi connectivity index (χ3n) is 9.81. The van der Waals surface area contributed by atoms with E-state index in [0.29, 0.717) is 70.2 Å². The van der Waals surface area contributed by atoms with Gasteiger partial charge in [0.25, 0.3) is 0 Å². The van der Waals surface area contributed by atoms with Crippen LogP contribution in [0.3, 0.4) is 0 Å². The number of nitrogens with one attached hydrogen (secondary N) is 5. The lowest BCUT2D eigenvalue weighted by Gasteiger charge is -2.28. The first-order valence-corrected chi connectivity index (χ1v) is 21.8. The van der Waals surface area contributed by atoms with Crippen LogP contribution in [0.1, 0.15) is 80.9 Å². The molecule has 2 atom stereocenters. The van der Waals surface area contributed by atoms with Gasteiger partial charge in [0.1, 0.15) is 17.9 Å². The van der Waals surface area contributed by atoms with Crippen LogP contribution in [0.15, 0.2) is 54.6 Å². The van der Waals surface area contributed by atoms with Crippen molar-refractivity contribution in [1.29, 1.82) is 5.41 Å². The molecule has 0 spiro atoms. The van der Waals surface area contributed by atoms with Crippen LogP contribution in [-0.4, -0.2) is 116 Å². The zero-order chi connectivity index (χ0) is 41.3. The van der Waals surface area contributed by atoms with E-state index in [0.717, 1.165) is 50.6 Å². The average molecular weight is 816 g/mol. The molecule has 0 unspecified atom stereocenters. The van der Waals surface area contributed by atoms with Crippen molar-refractivity contribution < 1.29 is 37.0 Å². The summed E-state index contributed by atoms with van der Waals surface area (Å²) in [7, 11) is -0.334. The second-order valence-electron chi connectivity index (χ2n) is 14.5. The monoisotopic (exact) mass is 815 g/mol. The molecule has 3 amide bonds. The molecule has 0 aliphatic heterocycles. The fourth-order valence-corrected chi connectivity index (χ4v) is 7.90. The highest BCUT2D eigenvalue weighted by atomic mass is 32.2. The molecule has 318 valence electrons. The zero-order valence-electron chi connectivity index (χ0n) is 33.8. The van der Waals surface area contributed by atoms with Gasteiger partial charge in [-0.25, -0.2) is 13.1 Å². The topological polar surface area (TPSA) is 214 Å². The molecule has 0 aromatic heterocycles. The molecule has 16 heteroatoms. The first-order chi connectivity index (χ1) is 27.5. The number of carbonyl (C=O) groups excluding carboxylic acids is 3. The molecule has 0 heterocycles. The third-order valence-corrected chi connectivity index (χ3v) is 11.2. The number of ether oxygens (including phenoxy) is 3. The Labute approximate surface area is 339 Å². The second kappa shape index (κ2) is 26.9. The van der Waals surface area contributed by atoms with Gasteiger partial charge < -0.3 is 40.8 Å². The Balaban J connectivity index is 1.58. The van der Waals surface area contributed by atoms with Crippen LogP contribution in [0.5, 0.6) is 0 Å². The molecule has 0 saturated heterocycles. The number of nitrogens with zero attached hydrogens (tertiary/aromatic N) is 1. The van der Waals surface area contributed by atoms with Crippen molar-refractivity contribution in [3.8, 4) is 0 Å². The van der Waals surface area contributed by atoms with Gasteiger partial charge in [-0.15, -0.1) is 0 Å². The normalized spacial score (nSPS) is 14.4. The fourth-order valence-electron chi connectivity index (χ4n) is 6.55. The van der Waals surface area contributed by atoms with E-state index in [2.05, 4.69) is 20.7 Å². The van der Waals surface area contributed by atoms with Gasteiger partial charge in [0.05, 0.1) is 32.2 Å². The standard InChI is InChI=1S/C41H65N7O8S/c1-44-21-9-23-54-25-27-56-28-26-55-24-10-22-48(2)38(49)20-19-36(40(50)45-30-33-15-17-35(18-16-33)39(42)43)46-41(51)37(29-32-11-5-3-6-12-32)47-57(52,53)31-34-13-7-4-8-14-34/h4,7-8,13-18,32,36-37,44,47H,3,5-6,9-12,19-31H2,1-2H3,(H3,42,43)(H,45,50)(H,46,51)/t36-,37+/m0/s1. The number of sulfonamides is 1. The van der Waals surface area contributed by atoms with E-state index < -0.39 is 33.9 Å². The second-order valence-corrected chi connectivity index (χ2v) is 16.3. The summed E-state index contributed by atoms with van der Waals surface area (Å²) in [5.41, 5.74) is 7.46. The number of amides is 3. The maximum absolute atomic E-state index is 14.0. The average Bonchev–Trinajstić information content (AvgIpc) is 3.20. The van der Waals surface area contributed by atoms with Gasteiger partial charge in [-0.3, -0.25) is 19.8 Å². The molecule has 1 aliphatic rings. The van der Waals surface area contributed by atoms with Crippen LogP contribution in [0.25, 0.3) is 0 Å². The van der Waals surface area contributed by atoms with Crippen molar-refractivity contribution in [3.63, 3.8) is 0 Å². The van der Waals surface area contributed by atoms with E-state index in [-0.39, 0.29) is 42.8 Å². The Bertz CT molecular complexity index is 1590. The van der Waals surface area contributed by atoms with Crippen molar-refractivity contribution in [2.45, 2.75) is 88.6 Å². The summed E-state index contributed by atoms with van der Waals surface area (Å²) in [6.07, 6.45) is 6.74. The molecule has 0 bridgehead atoms. The number of hydrogen-bond donors (Lipinski definition) is 6. The zero-order valence-corrected chi connectivity index (χ0v) is 34.6. The first kappa shape index (κ1) is 47.4. The molecule has 7 N–H and O–H groups in total. The van der Waals surface area contributed by atoms with Crippen molar-refractivity contribution in [2.24, 2.45) is 11.7 Å². The van der Waals surface area contributed by atoms with Crippen LogP contribution >= 0.6 is 0 Å². The lowest BCUT2D eigenvalue weighted by molar-refractivity contribution is -0.132. The summed E-state index contributed by atoms with van der Waals surface area (Å²) < 4.78 is 46.0. The van der Waals surface area contributed by atoms with Gasteiger partial charge in [-0.2, -0.15) is 0 Å². The molecule has 0 radical (unpaired) electrons. The summed E-state index contributed by atoms with van der Waals surface area (Å²) in [5, 5.41) is 16.4. The van der Waals surface area contributed by atoms with E-state index in [1.807, 2.05) is 7.05 Å². The quantitative estimate of drug-likeness (QED) is 0.0401. The Morgan fingerprint density at radius 2 is 1.47 bits per heavy atom. The van der Waals surface area contributed by atoms with E-state index in [4.69, 9.17) is 25.4 Å². The summed E-state index contributed by atoms with van der Waals surface area (Å²) in [5.74, 6) is -1.53. The number of nitrogens with two attached hydrogens (primary N) is 1. The fraction of sp³-hybridized carbons (Fsp3) is 0.610. The Morgan fingerprint density at radius 3 is 2.11 bits per heavy atom. The van der Waals surface area contributed by atoms with Crippen LogP contribution in [-0.2, 0) is 50.9 Å². The highest BCUT2D eigenvalue weighted by molar-refractivity contribution is 7.88. The highest BCUT2D eigenvalue weighted by Crippen LogP contribution is 2.28. The van der Waals surface area contributed by atoms with Gasteiger partial charge in [0.15, 0.2) is 0 Å². The molecule has 1 aliphatic carbocycles. The molecule has 57 heavy (non-hydrogen) atoms. The third kappa shape index (κ3) is 19.9. The van der Waals surface area contributed by atoms with Crippen molar-refractivity contribution in [2.75, 3.05) is 66.8 Å². The lowest BCUT2D eigenvalue weighted by Crippen LogP contribution is -2.54. The van der Waals surface area contributed by atoms with E-state index in [1.54, 1.807) is 66.5 Å². The highest BCUT2D eigenvalue weighted by Gasteiger charge is 2.32. The van der Waals surface area contributed by atoms with Crippen LogP contribution in [0.4, 0.5) is 0 Å². The van der Waals surface area contributed by atoms with Crippen LogP contribution < -0.4 is 26.4 Å². The minimum atomic E-state index is -3.92. The molecule has 3 rings (SSSR count). The molecular formula is C41H65N7O8S. The minimum Gasteiger partial charge on any atom is -0.384 e. The predicted octanol–water partition coefficient (Wildman–Crippen LogP) is 2.82. The van der Waals surface area contributed by atoms with Crippen molar-refractivity contribution in [3.05, 3.63) is 71.3 Å². The Hall–Kier alpha value is -3.93. The van der Waals surface area contributed by atoms with Crippen LogP contribution in [0, 0.1) is 11.3 Å². The number of hydrogen-bond acceptors (Lipinski definition) is 10. The number of amidine groups is 1. The van der Waals surface area contributed by atoms with Gasteiger partial charge in [-0.1, -0.05) is 86.7 Å². The Morgan fingerprint density at radius 1 is 0.842 bits per heavy atom. The van der Waals surface area contributed by atoms with Gasteiger partial charge in [0.2, 0.25) is 27.7 Å². The molecule has 1 fully saturated rings. The Kier molecular flexibility index (Phi) is 22.4. The number of carbonyl (C=O) groups is 3. The lowest BCUT2D eigenvalue weighted by atomic mass is 9.85. The van der Waals surface area contributed by atoms with E-state index in [1.165, 1.54) is 0 Å². The molecule has 1 saturated carbocycles. The smallest absolute Gasteiger partial charge is 0.242 e. The minimum absolute atomic E-state index is 0.00395. The van der Waals surface area contributed by atoms with E-state index in [9.17, 15) is 22.8 Å². The number of benzene rings is 2. The summed E-state index contributed by atoms with van der Waals surface area (Å²) >= 11 is 0.